The summed E-state index contributed by atoms with van der Waals surface area (Å²) in [7, 11) is 0. The minimum absolute atomic E-state index is 0.0166. The molecule has 6 nitrogen and oxygen atoms in total. The van der Waals surface area contributed by atoms with Crippen molar-refractivity contribution in [1.29, 1.82) is 0 Å². The van der Waals surface area contributed by atoms with E-state index in [1.54, 1.807) is 23.1 Å². The van der Waals surface area contributed by atoms with Crippen LogP contribution in [0.5, 0.6) is 0 Å². The molecule has 1 aromatic carbocycles. The Morgan fingerprint density at radius 3 is 3.09 bits per heavy atom. The van der Waals surface area contributed by atoms with E-state index in [9.17, 15) is 9.59 Å². The van der Waals surface area contributed by atoms with E-state index in [0.29, 0.717) is 35.6 Å². The molecule has 7 heteroatoms. The first-order valence-corrected chi connectivity index (χ1v) is 7.46. The zero-order valence-electron chi connectivity index (χ0n) is 12.2. The normalized spacial score (nSPS) is 18.6. The molecule has 2 heterocycles. The van der Waals surface area contributed by atoms with Crippen molar-refractivity contribution in [3.63, 3.8) is 0 Å². The molecule has 1 fully saturated rings. The van der Waals surface area contributed by atoms with Crippen LogP contribution in [0.3, 0.4) is 0 Å². The molecule has 0 spiro atoms. The van der Waals surface area contributed by atoms with Gasteiger partial charge in [-0.05, 0) is 25.1 Å². The second-order valence-electron chi connectivity index (χ2n) is 5.36. The highest BCUT2D eigenvalue weighted by molar-refractivity contribution is 6.31. The van der Waals surface area contributed by atoms with Gasteiger partial charge >= 0.3 is 0 Å². The predicted molar refractivity (Wildman–Crippen MR) is 83.0 cm³/mol. The lowest BCUT2D eigenvalue weighted by atomic mass is 10.2. The summed E-state index contributed by atoms with van der Waals surface area (Å²) in [5, 5.41) is 0.885. The quantitative estimate of drug-likeness (QED) is 0.836. The third-order valence-corrected chi connectivity index (χ3v) is 3.92. The molecule has 22 heavy (non-hydrogen) atoms. The summed E-state index contributed by atoms with van der Waals surface area (Å²) in [6.45, 7) is 3.50. The van der Waals surface area contributed by atoms with Crippen molar-refractivity contribution in [3.05, 3.63) is 39.9 Å². The standard InChI is InChI=1S/C15H16ClN3O3/c1-10-7-18(4-5-22-10)14(20)8-19-9-17-13-3-2-11(16)6-12(13)15(19)21/h2-3,6,9-10H,4-5,7-8H2,1H3/t10-/m0/s1. The van der Waals surface area contributed by atoms with Gasteiger partial charge in [0.25, 0.3) is 5.56 Å². The Hall–Kier alpha value is -1.92. The summed E-state index contributed by atoms with van der Waals surface area (Å²) >= 11 is 5.92. The Morgan fingerprint density at radius 2 is 2.32 bits per heavy atom. The van der Waals surface area contributed by atoms with Crippen LogP contribution in [0, 0.1) is 0 Å². The summed E-state index contributed by atoms with van der Waals surface area (Å²) in [5.74, 6) is -0.111. The molecule has 0 unspecified atom stereocenters. The fourth-order valence-corrected chi connectivity index (χ4v) is 2.71. The van der Waals surface area contributed by atoms with Gasteiger partial charge < -0.3 is 9.64 Å². The number of aromatic nitrogens is 2. The number of amides is 1. The molecule has 0 saturated carbocycles. The Bertz CT molecular complexity index is 774. The van der Waals surface area contributed by atoms with Crippen molar-refractivity contribution in [1.82, 2.24) is 14.5 Å². The summed E-state index contributed by atoms with van der Waals surface area (Å²) in [6, 6.07) is 4.94. The number of nitrogens with zero attached hydrogens (tertiary/aromatic N) is 3. The molecule has 1 aliphatic rings. The van der Waals surface area contributed by atoms with E-state index in [4.69, 9.17) is 16.3 Å². The molecule has 1 aromatic heterocycles. The number of morpholine rings is 1. The van der Waals surface area contributed by atoms with Gasteiger partial charge in [0.2, 0.25) is 5.91 Å². The maximum absolute atomic E-state index is 12.4. The predicted octanol–water partition coefficient (Wildman–Crippen LogP) is 1.30. The van der Waals surface area contributed by atoms with Crippen LogP contribution in [-0.2, 0) is 16.1 Å². The Balaban J connectivity index is 1.86. The van der Waals surface area contributed by atoms with Crippen LogP contribution in [0.1, 0.15) is 6.92 Å². The highest BCUT2D eigenvalue weighted by Gasteiger charge is 2.22. The first-order valence-electron chi connectivity index (χ1n) is 7.08. The van der Waals surface area contributed by atoms with Gasteiger partial charge in [-0.1, -0.05) is 11.6 Å². The Morgan fingerprint density at radius 1 is 1.50 bits per heavy atom. The van der Waals surface area contributed by atoms with Crippen molar-refractivity contribution >= 4 is 28.4 Å². The summed E-state index contributed by atoms with van der Waals surface area (Å²) in [5.41, 5.74) is 0.306. The molecule has 3 rings (SSSR count). The van der Waals surface area contributed by atoms with Crippen LogP contribution >= 0.6 is 11.6 Å². The highest BCUT2D eigenvalue weighted by Crippen LogP contribution is 2.14. The van der Waals surface area contributed by atoms with Gasteiger partial charge in [-0.3, -0.25) is 14.2 Å². The smallest absolute Gasteiger partial charge is 0.261 e. The molecule has 1 aliphatic heterocycles. The lowest BCUT2D eigenvalue weighted by molar-refractivity contribution is -0.138. The van der Waals surface area contributed by atoms with Crippen molar-refractivity contribution in [2.45, 2.75) is 19.6 Å². The lowest BCUT2D eigenvalue weighted by Gasteiger charge is -2.31. The third kappa shape index (κ3) is 2.98. The van der Waals surface area contributed by atoms with Gasteiger partial charge in [0.1, 0.15) is 6.54 Å². The number of fused-ring (bicyclic) bond motifs is 1. The second kappa shape index (κ2) is 6.06. The minimum atomic E-state index is -0.262. The molecule has 0 radical (unpaired) electrons. The summed E-state index contributed by atoms with van der Waals surface area (Å²) < 4.78 is 6.73. The zero-order chi connectivity index (χ0) is 15.7. The molecule has 2 aromatic rings. The van der Waals surface area contributed by atoms with E-state index in [-0.39, 0.29) is 24.1 Å². The SMILES string of the molecule is C[C@H]1CN(C(=O)Cn2cnc3ccc(Cl)cc3c2=O)CCO1. The summed E-state index contributed by atoms with van der Waals surface area (Å²) in [4.78, 5) is 30.7. The van der Waals surface area contributed by atoms with E-state index in [0.717, 1.165) is 0 Å². The fraction of sp³-hybridized carbons (Fsp3) is 0.400. The van der Waals surface area contributed by atoms with E-state index in [1.807, 2.05) is 6.92 Å². The lowest BCUT2D eigenvalue weighted by Crippen LogP contribution is -2.46. The van der Waals surface area contributed by atoms with E-state index < -0.39 is 0 Å². The van der Waals surface area contributed by atoms with Gasteiger partial charge in [-0.25, -0.2) is 4.98 Å². The fourth-order valence-electron chi connectivity index (χ4n) is 2.53. The number of carbonyl (C=O) groups is 1. The molecule has 1 atom stereocenters. The minimum Gasteiger partial charge on any atom is -0.375 e. The molecule has 116 valence electrons. The van der Waals surface area contributed by atoms with Crippen LogP contribution in [0.4, 0.5) is 0 Å². The zero-order valence-corrected chi connectivity index (χ0v) is 12.9. The van der Waals surface area contributed by atoms with Crippen LogP contribution in [-0.4, -0.2) is 46.2 Å². The first-order chi connectivity index (χ1) is 10.5. The Labute approximate surface area is 132 Å². The molecule has 0 aliphatic carbocycles. The average Bonchev–Trinajstić information content (AvgIpc) is 2.50. The average molecular weight is 322 g/mol. The molecule has 0 bridgehead atoms. The van der Waals surface area contributed by atoms with Crippen molar-refractivity contribution < 1.29 is 9.53 Å². The molecule has 1 saturated heterocycles. The molecule has 0 N–H and O–H groups in total. The maximum atomic E-state index is 12.4. The highest BCUT2D eigenvalue weighted by atomic mass is 35.5. The van der Waals surface area contributed by atoms with E-state index in [2.05, 4.69) is 4.98 Å². The van der Waals surface area contributed by atoms with Gasteiger partial charge in [-0.15, -0.1) is 0 Å². The number of rotatable bonds is 2. The summed E-state index contributed by atoms with van der Waals surface area (Å²) in [6.07, 6.45) is 1.42. The Kier molecular flexibility index (Phi) is 4.13. The van der Waals surface area contributed by atoms with Crippen LogP contribution < -0.4 is 5.56 Å². The van der Waals surface area contributed by atoms with Crippen LogP contribution in [0.25, 0.3) is 10.9 Å². The van der Waals surface area contributed by atoms with Gasteiger partial charge in [-0.2, -0.15) is 0 Å². The molecular formula is C15H16ClN3O3. The number of ether oxygens (including phenoxy) is 1. The second-order valence-corrected chi connectivity index (χ2v) is 5.80. The third-order valence-electron chi connectivity index (χ3n) is 3.69. The van der Waals surface area contributed by atoms with E-state index in [1.165, 1.54) is 10.9 Å². The number of carbonyl (C=O) groups excluding carboxylic acids is 1. The maximum Gasteiger partial charge on any atom is 0.261 e. The van der Waals surface area contributed by atoms with Gasteiger partial charge in [0.15, 0.2) is 0 Å². The van der Waals surface area contributed by atoms with Crippen LogP contribution in [0.15, 0.2) is 29.3 Å². The topological polar surface area (TPSA) is 64.4 Å². The van der Waals surface area contributed by atoms with Gasteiger partial charge in [0, 0.05) is 18.1 Å². The van der Waals surface area contributed by atoms with Crippen molar-refractivity contribution in [3.8, 4) is 0 Å². The number of benzene rings is 1. The number of hydrogen-bond acceptors (Lipinski definition) is 4. The van der Waals surface area contributed by atoms with Crippen LogP contribution in [0.2, 0.25) is 5.02 Å². The first kappa shape index (κ1) is 15.0. The van der Waals surface area contributed by atoms with Crippen molar-refractivity contribution in [2.75, 3.05) is 19.7 Å². The van der Waals surface area contributed by atoms with Gasteiger partial charge in [0.05, 0.1) is 29.9 Å². The molecular weight excluding hydrogens is 306 g/mol. The number of halogens is 1. The largest absolute Gasteiger partial charge is 0.375 e. The number of hydrogen-bond donors (Lipinski definition) is 0. The monoisotopic (exact) mass is 321 g/mol. The van der Waals surface area contributed by atoms with E-state index >= 15 is 0 Å². The molecule has 1 amide bonds. The van der Waals surface area contributed by atoms with Crippen molar-refractivity contribution in [2.24, 2.45) is 0 Å².